The number of aryl methyl sites for hydroxylation is 2. The van der Waals surface area contributed by atoms with Crippen molar-refractivity contribution in [3.05, 3.63) is 108 Å². The number of hydrogen-bond donors (Lipinski definition) is 1. The maximum atomic E-state index is 14.2. The molecule has 4 rings (SSSR count). The largest absolute Gasteiger partial charge is 0.373 e. The summed E-state index contributed by atoms with van der Waals surface area (Å²) in [4.78, 5) is 16.0. The summed E-state index contributed by atoms with van der Waals surface area (Å²) in [5.74, 6) is 0.941. The standard InChI is InChI=1S/C31H36FN5/c1-6-9-23(15-17-37(5)30(8-3)25-11-10-21(4)26(32)18-25)27-14-16-33-31(35-27)36-29-19-28(24-12-13-24)34-20-22(29)7-2/h6,9-11,14-20,24,30H,1,7-8,12-13H2,2-5H3,(H,33,34,35,36)/b17-15-,23-9+. The predicted octanol–water partition coefficient (Wildman–Crippen LogP) is 7.67. The van der Waals surface area contributed by atoms with E-state index in [1.165, 1.54) is 12.8 Å². The Morgan fingerprint density at radius 2 is 2.03 bits per heavy atom. The third-order valence-electron chi connectivity index (χ3n) is 6.83. The van der Waals surface area contributed by atoms with Crippen molar-refractivity contribution in [2.24, 2.45) is 0 Å². The van der Waals surface area contributed by atoms with Gasteiger partial charge in [0.2, 0.25) is 5.95 Å². The van der Waals surface area contributed by atoms with Gasteiger partial charge < -0.3 is 10.2 Å². The van der Waals surface area contributed by atoms with E-state index in [9.17, 15) is 4.39 Å². The van der Waals surface area contributed by atoms with Gasteiger partial charge >= 0.3 is 0 Å². The van der Waals surface area contributed by atoms with Crippen LogP contribution in [-0.2, 0) is 6.42 Å². The number of rotatable bonds is 11. The van der Waals surface area contributed by atoms with Gasteiger partial charge in [-0.2, -0.15) is 0 Å². The molecule has 2 aromatic heterocycles. The minimum absolute atomic E-state index is 0.0544. The third kappa shape index (κ3) is 6.50. The number of benzene rings is 1. The zero-order chi connectivity index (χ0) is 26.4. The second kappa shape index (κ2) is 12.0. The Balaban J connectivity index is 1.55. The van der Waals surface area contributed by atoms with E-state index in [4.69, 9.17) is 4.98 Å². The molecule has 1 atom stereocenters. The Labute approximate surface area is 219 Å². The lowest BCUT2D eigenvalue weighted by Gasteiger charge is -2.26. The van der Waals surface area contributed by atoms with E-state index in [2.05, 4.69) is 46.7 Å². The number of nitrogens with zero attached hydrogens (tertiary/aromatic N) is 4. The van der Waals surface area contributed by atoms with E-state index in [-0.39, 0.29) is 11.9 Å². The van der Waals surface area contributed by atoms with Gasteiger partial charge in [-0.05, 0) is 79.8 Å². The molecule has 1 aliphatic carbocycles. The van der Waals surface area contributed by atoms with Gasteiger partial charge in [-0.15, -0.1) is 0 Å². The molecular weight excluding hydrogens is 461 g/mol. The first-order valence-corrected chi connectivity index (χ1v) is 13.0. The van der Waals surface area contributed by atoms with Crippen LogP contribution < -0.4 is 5.32 Å². The van der Waals surface area contributed by atoms with Crippen LogP contribution in [0.25, 0.3) is 5.57 Å². The van der Waals surface area contributed by atoms with Crippen LogP contribution in [0.5, 0.6) is 0 Å². The molecule has 0 saturated heterocycles. The lowest BCUT2D eigenvalue weighted by Crippen LogP contribution is -2.18. The predicted molar refractivity (Wildman–Crippen MR) is 150 cm³/mol. The molecule has 1 unspecified atom stereocenters. The van der Waals surface area contributed by atoms with E-state index in [0.29, 0.717) is 17.4 Å². The van der Waals surface area contributed by atoms with Crippen molar-refractivity contribution in [1.82, 2.24) is 19.9 Å². The molecule has 0 radical (unpaired) electrons. The highest BCUT2D eigenvalue weighted by Gasteiger charge is 2.25. The number of pyridine rings is 1. The summed E-state index contributed by atoms with van der Waals surface area (Å²) >= 11 is 0. The van der Waals surface area contributed by atoms with Gasteiger partial charge in [0.25, 0.3) is 0 Å². The Morgan fingerprint density at radius 3 is 2.70 bits per heavy atom. The first-order chi connectivity index (χ1) is 17.9. The SMILES string of the molecule is C=C/C=C(\C=C/N(C)C(CC)c1ccc(C)c(F)c1)c1ccnc(Nc2cc(C3CC3)ncc2CC)n1. The Morgan fingerprint density at radius 1 is 1.22 bits per heavy atom. The molecule has 3 aromatic rings. The number of halogens is 1. The third-order valence-corrected chi connectivity index (χ3v) is 6.83. The smallest absolute Gasteiger partial charge is 0.227 e. The summed E-state index contributed by atoms with van der Waals surface area (Å²) in [5.41, 5.74) is 6.58. The van der Waals surface area contributed by atoms with Crippen LogP contribution in [0.15, 0.2) is 73.7 Å². The fourth-order valence-electron chi connectivity index (χ4n) is 4.43. The van der Waals surface area contributed by atoms with Crippen LogP contribution in [0.4, 0.5) is 16.0 Å². The summed E-state index contributed by atoms with van der Waals surface area (Å²) in [6, 6.07) is 9.55. The normalized spacial score (nSPS) is 14.6. The quantitative estimate of drug-likeness (QED) is 0.276. The van der Waals surface area contributed by atoms with Crippen LogP contribution in [0.2, 0.25) is 0 Å². The van der Waals surface area contributed by atoms with Crippen molar-refractivity contribution in [3.63, 3.8) is 0 Å². The highest BCUT2D eigenvalue weighted by molar-refractivity contribution is 5.73. The lowest BCUT2D eigenvalue weighted by atomic mass is 10.0. The molecule has 0 aliphatic heterocycles. The molecule has 1 aromatic carbocycles. The van der Waals surface area contributed by atoms with E-state index in [1.54, 1.807) is 25.3 Å². The van der Waals surface area contributed by atoms with Crippen LogP contribution in [-0.4, -0.2) is 26.9 Å². The minimum atomic E-state index is -0.175. The average Bonchev–Trinajstić information content (AvgIpc) is 3.75. The topological polar surface area (TPSA) is 53.9 Å². The van der Waals surface area contributed by atoms with Gasteiger partial charge in [-0.3, -0.25) is 4.98 Å². The van der Waals surface area contributed by atoms with E-state index in [0.717, 1.165) is 46.6 Å². The summed E-state index contributed by atoms with van der Waals surface area (Å²) in [7, 11) is 2.01. The average molecular weight is 498 g/mol. The summed E-state index contributed by atoms with van der Waals surface area (Å²) in [5, 5.41) is 3.42. The molecule has 0 bridgehead atoms. The molecule has 1 fully saturated rings. The van der Waals surface area contributed by atoms with E-state index >= 15 is 0 Å². The lowest BCUT2D eigenvalue weighted by molar-refractivity contribution is 0.327. The molecule has 0 amide bonds. The number of nitrogens with one attached hydrogen (secondary N) is 1. The second-order valence-corrected chi connectivity index (χ2v) is 9.56. The maximum Gasteiger partial charge on any atom is 0.227 e. The molecule has 5 nitrogen and oxygen atoms in total. The fourth-order valence-corrected chi connectivity index (χ4v) is 4.43. The summed E-state index contributed by atoms with van der Waals surface area (Å²) in [6.07, 6.45) is 15.6. The fraction of sp³-hybridized carbons (Fsp3) is 0.323. The summed E-state index contributed by atoms with van der Waals surface area (Å²) in [6.45, 7) is 9.89. The second-order valence-electron chi connectivity index (χ2n) is 9.56. The molecule has 2 heterocycles. The molecule has 6 heteroatoms. The van der Waals surface area contributed by atoms with E-state index in [1.807, 2.05) is 49.8 Å². The maximum absolute atomic E-state index is 14.2. The Bertz CT molecular complexity index is 1310. The first kappa shape index (κ1) is 26.3. The highest BCUT2D eigenvalue weighted by Crippen LogP contribution is 2.40. The zero-order valence-electron chi connectivity index (χ0n) is 22.2. The van der Waals surface area contributed by atoms with Gasteiger partial charge in [0.15, 0.2) is 0 Å². The van der Waals surface area contributed by atoms with Crippen molar-refractivity contribution < 1.29 is 4.39 Å². The van der Waals surface area contributed by atoms with Crippen LogP contribution >= 0.6 is 0 Å². The van der Waals surface area contributed by atoms with E-state index < -0.39 is 0 Å². The molecular formula is C31H36FN5. The van der Waals surface area contributed by atoms with Crippen LogP contribution in [0.3, 0.4) is 0 Å². The molecule has 192 valence electrons. The number of aromatic nitrogens is 3. The molecule has 1 saturated carbocycles. The summed E-state index contributed by atoms with van der Waals surface area (Å²) < 4.78 is 14.2. The highest BCUT2D eigenvalue weighted by atomic mass is 19.1. The molecule has 37 heavy (non-hydrogen) atoms. The molecule has 0 spiro atoms. The zero-order valence-corrected chi connectivity index (χ0v) is 22.2. The van der Waals surface area contributed by atoms with Crippen molar-refractivity contribution in [2.75, 3.05) is 12.4 Å². The van der Waals surface area contributed by atoms with Crippen molar-refractivity contribution >= 4 is 17.2 Å². The van der Waals surface area contributed by atoms with Crippen molar-refractivity contribution in [3.8, 4) is 0 Å². The molecule has 1 N–H and O–H groups in total. The van der Waals surface area contributed by atoms with Gasteiger partial charge in [0.05, 0.1) is 11.7 Å². The first-order valence-electron chi connectivity index (χ1n) is 13.0. The van der Waals surface area contributed by atoms with Crippen molar-refractivity contribution in [2.45, 2.75) is 58.4 Å². The van der Waals surface area contributed by atoms with Gasteiger partial charge in [0, 0.05) is 42.3 Å². The van der Waals surface area contributed by atoms with Crippen molar-refractivity contribution in [1.29, 1.82) is 0 Å². The van der Waals surface area contributed by atoms with Crippen LogP contribution in [0, 0.1) is 12.7 Å². The monoisotopic (exact) mass is 497 g/mol. The minimum Gasteiger partial charge on any atom is -0.373 e. The van der Waals surface area contributed by atoms with Crippen LogP contribution in [0.1, 0.15) is 73.1 Å². The Kier molecular flexibility index (Phi) is 8.49. The van der Waals surface area contributed by atoms with Gasteiger partial charge in [0.1, 0.15) is 5.82 Å². The number of anilines is 2. The Hall–Kier alpha value is -3.80. The van der Waals surface area contributed by atoms with Gasteiger partial charge in [-0.1, -0.05) is 44.7 Å². The van der Waals surface area contributed by atoms with Gasteiger partial charge in [-0.25, -0.2) is 14.4 Å². The number of hydrogen-bond acceptors (Lipinski definition) is 5. The molecule has 1 aliphatic rings. The number of allylic oxidation sites excluding steroid dienone is 4.